The second kappa shape index (κ2) is 6.49. The van der Waals surface area contributed by atoms with Crippen molar-refractivity contribution in [3.8, 4) is 0 Å². The third-order valence-corrected chi connectivity index (χ3v) is 5.73. The van der Waals surface area contributed by atoms with E-state index in [0.717, 1.165) is 21.4 Å². The number of fused-ring (bicyclic) bond motifs is 1. The van der Waals surface area contributed by atoms with Crippen molar-refractivity contribution in [1.82, 2.24) is 5.32 Å². The molecular weight excluding hydrogens is 366 g/mol. The molecule has 0 saturated carbocycles. The third kappa shape index (κ3) is 3.32. The molecule has 0 aliphatic heterocycles. The highest BCUT2D eigenvalue weighted by Gasteiger charge is 2.11. The van der Waals surface area contributed by atoms with E-state index in [0.29, 0.717) is 0 Å². The molecule has 0 fully saturated rings. The quantitative estimate of drug-likeness (QED) is 0.571. The number of rotatable bonds is 4. The highest BCUT2D eigenvalue weighted by molar-refractivity contribution is 9.10. The van der Waals surface area contributed by atoms with E-state index in [9.17, 15) is 0 Å². The maximum Gasteiger partial charge on any atom is 0.0636 e. The highest BCUT2D eigenvalue weighted by atomic mass is 79.9. The predicted octanol–water partition coefficient (Wildman–Crippen LogP) is 6.17. The van der Waals surface area contributed by atoms with Crippen molar-refractivity contribution in [2.24, 2.45) is 0 Å². The zero-order valence-corrected chi connectivity index (χ0v) is 14.7. The maximum atomic E-state index is 6.47. The van der Waals surface area contributed by atoms with Crippen LogP contribution in [0.1, 0.15) is 23.4 Å². The van der Waals surface area contributed by atoms with Gasteiger partial charge >= 0.3 is 0 Å². The summed E-state index contributed by atoms with van der Waals surface area (Å²) < 4.78 is 2.35. The molecule has 1 atom stereocenters. The molecule has 0 aliphatic carbocycles. The molecule has 1 heterocycles. The van der Waals surface area contributed by atoms with E-state index in [2.05, 4.69) is 64.6 Å². The van der Waals surface area contributed by atoms with E-state index in [-0.39, 0.29) is 6.04 Å². The van der Waals surface area contributed by atoms with E-state index < -0.39 is 0 Å². The first-order valence-electron chi connectivity index (χ1n) is 6.80. The Labute approximate surface area is 142 Å². The lowest BCUT2D eigenvalue weighted by Gasteiger charge is -2.14. The summed E-state index contributed by atoms with van der Waals surface area (Å²) in [6.45, 7) is 2.95. The number of hydrogen-bond donors (Lipinski definition) is 1. The van der Waals surface area contributed by atoms with Crippen molar-refractivity contribution in [1.29, 1.82) is 0 Å². The molecule has 108 valence electrons. The second-order valence-electron chi connectivity index (χ2n) is 4.99. The average Bonchev–Trinajstić information content (AvgIpc) is 2.82. The van der Waals surface area contributed by atoms with Crippen molar-refractivity contribution < 1.29 is 0 Å². The first-order chi connectivity index (χ1) is 10.1. The van der Waals surface area contributed by atoms with Gasteiger partial charge in [-0.05, 0) is 30.7 Å². The minimum atomic E-state index is 0.281. The fourth-order valence-corrected chi connectivity index (χ4v) is 4.19. The Balaban J connectivity index is 1.75. The second-order valence-corrected chi connectivity index (χ2v) is 7.42. The molecule has 0 unspecified atom stereocenters. The van der Waals surface area contributed by atoms with Gasteiger partial charge in [-0.1, -0.05) is 57.9 Å². The Kier molecular flexibility index (Phi) is 4.65. The van der Waals surface area contributed by atoms with Crippen LogP contribution in [0.5, 0.6) is 0 Å². The summed E-state index contributed by atoms with van der Waals surface area (Å²) in [5.41, 5.74) is 1.27. The number of benzene rings is 2. The SMILES string of the molecule is C[C@@H](NCc1sc2ccccc2c1Cl)c1cccc(Br)c1. The lowest BCUT2D eigenvalue weighted by molar-refractivity contribution is 0.579. The zero-order chi connectivity index (χ0) is 14.8. The Morgan fingerprint density at radius 3 is 2.76 bits per heavy atom. The molecule has 0 radical (unpaired) electrons. The van der Waals surface area contributed by atoms with Crippen LogP contribution in [0.4, 0.5) is 0 Å². The smallest absolute Gasteiger partial charge is 0.0636 e. The summed E-state index contributed by atoms with van der Waals surface area (Å²) in [6, 6.07) is 16.9. The van der Waals surface area contributed by atoms with Crippen LogP contribution in [0.2, 0.25) is 5.02 Å². The van der Waals surface area contributed by atoms with Gasteiger partial charge in [-0.3, -0.25) is 0 Å². The summed E-state index contributed by atoms with van der Waals surface area (Å²) in [6.07, 6.45) is 0. The molecule has 1 nitrogen and oxygen atoms in total. The van der Waals surface area contributed by atoms with E-state index >= 15 is 0 Å². The third-order valence-electron chi connectivity index (χ3n) is 3.52. The molecular formula is C17H15BrClNS. The van der Waals surface area contributed by atoms with Crippen LogP contribution in [0.15, 0.2) is 53.0 Å². The average molecular weight is 381 g/mol. The number of halogens is 2. The highest BCUT2D eigenvalue weighted by Crippen LogP contribution is 2.35. The summed E-state index contributed by atoms with van der Waals surface area (Å²) in [5, 5.41) is 5.58. The van der Waals surface area contributed by atoms with Crippen molar-refractivity contribution >= 4 is 49.0 Å². The van der Waals surface area contributed by atoms with Gasteiger partial charge in [0.15, 0.2) is 0 Å². The van der Waals surface area contributed by atoms with Gasteiger partial charge < -0.3 is 5.32 Å². The van der Waals surface area contributed by atoms with Gasteiger partial charge in [0.2, 0.25) is 0 Å². The molecule has 4 heteroatoms. The largest absolute Gasteiger partial charge is 0.305 e. The molecule has 3 rings (SSSR count). The molecule has 0 aliphatic rings. The molecule has 0 bridgehead atoms. The number of hydrogen-bond acceptors (Lipinski definition) is 2. The van der Waals surface area contributed by atoms with Crippen LogP contribution in [0.25, 0.3) is 10.1 Å². The maximum absolute atomic E-state index is 6.47. The van der Waals surface area contributed by atoms with Crippen LogP contribution in [0.3, 0.4) is 0 Å². The van der Waals surface area contributed by atoms with Crippen LogP contribution in [-0.2, 0) is 6.54 Å². The first-order valence-corrected chi connectivity index (χ1v) is 8.78. The van der Waals surface area contributed by atoms with E-state index in [1.165, 1.54) is 15.1 Å². The summed E-state index contributed by atoms with van der Waals surface area (Å²) in [4.78, 5) is 1.19. The molecule has 3 aromatic rings. The van der Waals surface area contributed by atoms with Crippen molar-refractivity contribution in [3.05, 3.63) is 68.5 Å². The summed E-state index contributed by atoms with van der Waals surface area (Å²) >= 11 is 11.7. The summed E-state index contributed by atoms with van der Waals surface area (Å²) in [5.74, 6) is 0. The predicted molar refractivity (Wildman–Crippen MR) is 96.2 cm³/mol. The van der Waals surface area contributed by atoms with Gasteiger partial charge in [0.25, 0.3) is 0 Å². The van der Waals surface area contributed by atoms with Gasteiger partial charge in [-0.15, -0.1) is 11.3 Å². The zero-order valence-electron chi connectivity index (χ0n) is 11.6. The van der Waals surface area contributed by atoms with Gasteiger partial charge in [-0.25, -0.2) is 0 Å². The lowest BCUT2D eigenvalue weighted by Crippen LogP contribution is -2.17. The Bertz CT molecular complexity index is 768. The van der Waals surface area contributed by atoms with Crippen LogP contribution >= 0.6 is 38.9 Å². The van der Waals surface area contributed by atoms with Crippen molar-refractivity contribution in [3.63, 3.8) is 0 Å². The van der Waals surface area contributed by atoms with Crippen LogP contribution in [0, 0.1) is 0 Å². The Hall–Kier alpha value is -0.870. The topological polar surface area (TPSA) is 12.0 Å². The standard InChI is InChI=1S/C17H15BrClNS/c1-11(12-5-4-6-13(18)9-12)20-10-16-17(19)14-7-2-3-8-15(14)21-16/h2-9,11,20H,10H2,1H3/t11-/m1/s1. The molecule has 0 spiro atoms. The first kappa shape index (κ1) is 15.0. The molecule has 2 aromatic carbocycles. The van der Waals surface area contributed by atoms with Gasteiger partial charge in [0.1, 0.15) is 0 Å². The molecule has 0 amide bonds. The molecule has 21 heavy (non-hydrogen) atoms. The minimum absolute atomic E-state index is 0.281. The molecule has 0 saturated heterocycles. The van der Waals surface area contributed by atoms with Crippen LogP contribution in [-0.4, -0.2) is 0 Å². The Morgan fingerprint density at radius 2 is 2.00 bits per heavy atom. The van der Waals surface area contributed by atoms with Gasteiger partial charge in [0.05, 0.1) is 5.02 Å². The molecule has 1 N–H and O–H groups in total. The van der Waals surface area contributed by atoms with E-state index in [4.69, 9.17) is 11.6 Å². The Morgan fingerprint density at radius 1 is 1.19 bits per heavy atom. The van der Waals surface area contributed by atoms with Crippen LogP contribution < -0.4 is 5.32 Å². The monoisotopic (exact) mass is 379 g/mol. The van der Waals surface area contributed by atoms with E-state index in [1.807, 2.05) is 12.1 Å². The van der Waals surface area contributed by atoms with Gasteiger partial charge in [-0.2, -0.15) is 0 Å². The lowest BCUT2D eigenvalue weighted by atomic mass is 10.1. The fraction of sp³-hybridized carbons (Fsp3) is 0.176. The van der Waals surface area contributed by atoms with Crippen molar-refractivity contribution in [2.45, 2.75) is 19.5 Å². The minimum Gasteiger partial charge on any atom is -0.305 e. The number of thiophene rings is 1. The molecule has 1 aromatic heterocycles. The van der Waals surface area contributed by atoms with Gasteiger partial charge in [0, 0.05) is 32.0 Å². The van der Waals surface area contributed by atoms with Crippen molar-refractivity contribution in [2.75, 3.05) is 0 Å². The van der Waals surface area contributed by atoms with E-state index in [1.54, 1.807) is 11.3 Å². The number of nitrogens with one attached hydrogen (secondary N) is 1. The normalized spacial score (nSPS) is 12.7. The fourth-order valence-electron chi connectivity index (χ4n) is 2.32. The summed E-state index contributed by atoms with van der Waals surface area (Å²) in [7, 11) is 0.